The number of hydrogen-bond acceptors (Lipinski definition) is 2. The van der Waals surface area contributed by atoms with Gasteiger partial charge in [0.1, 0.15) is 0 Å². The molecule has 0 N–H and O–H groups in total. The Morgan fingerprint density at radius 2 is 0.812 bits per heavy atom. The number of nitrogens with zero attached hydrogens (tertiary/aromatic N) is 2. The van der Waals surface area contributed by atoms with Crippen LogP contribution in [-0.4, -0.2) is 9.97 Å². The molecule has 0 saturated carbocycles. The maximum Gasteiger partial charge on any atom is 0.159 e. The monoisotopic (exact) mass is 608 g/mol. The lowest BCUT2D eigenvalue weighted by atomic mass is 9.86. The first-order chi connectivity index (χ1) is 23.8. The minimum Gasteiger partial charge on any atom is -0.236 e. The molecule has 10 rings (SSSR count). The van der Waals surface area contributed by atoms with E-state index in [-0.39, 0.29) is 0 Å². The minimum atomic E-state index is 0.748. The summed E-state index contributed by atoms with van der Waals surface area (Å²) in [5, 5.41) is 7.58. The Morgan fingerprint density at radius 1 is 0.333 bits per heavy atom. The van der Waals surface area contributed by atoms with Crippen LogP contribution in [0.15, 0.2) is 170 Å². The van der Waals surface area contributed by atoms with Crippen LogP contribution in [0.3, 0.4) is 0 Å². The van der Waals surface area contributed by atoms with Crippen LogP contribution in [-0.2, 0) is 0 Å². The van der Waals surface area contributed by atoms with E-state index in [1.165, 1.54) is 71.3 Å². The third-order valence-corrected chi connectivity index (χ3v) is 9.88. The van der Waals surface area contributed by atoms with E-state index < -0.39 is 0 Å². The van der Waals surface area contributed by atoms with Gasteiger partial charge in [0.15, 0.2) is 5.82 Å². The molecule has 0 bridgehead atoms. The number of benzene rings is 8. The van der Waals surface area contributed by atoms with Crippen molar-refractivity contribution >= 4 is 32.3 Å². The lowest BCUT2D eigenvalue weighted by Gasteiger charge is -2.18. The fourth-order valence-electron chi connectivity index (χ4n) is 7.68. The summed E-state index contributed by atoms with van der Waals surface area (Å²) in [6, 6.07) is 58.9. The van der Waals surface area contributed by atoms with Gasteiger partial charge in [-0.1, -0.05) is 164 Å². The average molecular weight is 609 g/mol. The summed E-state index contributed by atoms with van der Waals surface area (Å²) >= 11 is 0. The Hall–Kier alpha value is -6.38. The highest BCUT2D eigenvalue weighted by molar-refractivity contribution is 6.21. The Bertz CT molecular complexity index is 2630. The van der Waals surface area contributed by atoms with Crippen LogP contribution in [0.1, 0.15) is 0 Å². The summed E-state index contributed by atoms with van der Waals surface area (Å²) in [5.74, 6) is 0.748. The van der Waals surface area contributed by atoms with Crippen molar-refractivity contribution in [2.75, 3.05) is 0 Å². The standard InChI is InChI=1S/C46H28N2/c1-2-10-31(11-3-1)42-35-14-4-6-16-37(35)43(38-17-7-5-15-36(38)42)33-24-20-29(21-25-33)30-22-26-34(27-23-30)46-47-28-41-39-18-8-12-32-13-9-19-40(44(32)39)45(41)48-46/h1-28H. The van der Waals surface area contributed by atoms with Crippen molar-refractivity contribution in [1.29, 1.82) is 0 Å². The molecule has 2 heteroatoms. The summed E-state index contributed by atoms with van der Waals surface area (Å²) in [7, 11) is 0. The van der Waals surface area contributed by atoms with Gasteiger partial charge in [-0.15, -0.1) is 0 Å². The zero-order chi connectivity index (χ0) is 31.6. The molecule has 0 saturated heterocycles. The zero-order valence-electron chi connectivity index (χ0n) is 26.1. The maximum absolute atomic E-state index is 5.07. The van der Waals surface area contributed by atoms with Gasteiger partial charge in [-0.25, -0.2) is 9.97 Å². The van der Waals surface area contributed by atoms with E-state index in [0.717, 1.165) is 28.2 Å². The quantitative estimate of drug-likeness (QED) is 0.186. The van der Waals surface area contributed by atoms with Crippen molar-refractivity contribution < 1.29 is 0 Å². The Balaban J connectivity index is 1.01. The van der Waals surface area contributed by atoms with Crippen molar-refractivity contribution in [3.8, 4) is 67.2 Å². The van der Waals surface area contributed by atoms with E-state index in [1.54, 1.807) is 0 Å². The van der Waals surface area contributed by atoms with Crippen LogP contribution in [0, 0.1) is 0 Å². The topological polar surface area (TPSA) is 25.8 Å². The third-order valence-electron chi connectivity index (χ3n) is 9.88. The van der Waals surface area contributed by atoms with Crippen LogP contribution in [0.25, 0.3) is 99.5 Å². The molecule has 8 aromatic carbocycles. The molecule has 1 aromatic heterocycles. The van der Waals surface area contributed by atoms with E-state index >= 15 is 0 Å². The number of aromatic nitrogens is 2. The molecule has 1 aliphatic carbocycles. The van der Waals surface area contributed by atoms with E-state index in [2.05, 4.69) is 164 Å². The van der Waals surface area contributed by atoms with Crippen molar-refractivity contribution in [1.82, 2.24) is 9.97 Å². The molecule has 48 heavy (non-hydrogen) atoms. The van der Waals surface area contributed by atoms with Gasteiger partial charge >= 0.3 is 0 Å². The second-order valence-corrected chi connectivity index (χ2v) is 12.5. The van der Waals surface area contributed by atoms with E-state index in [4.69, 9.17) is 9.97 Å². The normalized spacial score (nSPS) is 11.8. The van der Waals surface area contributed by atoms with Crippen molar-refractivity contribution in [3.05, 3.63) is 170 Å². The van der Waals surface area contributed by atoms with Gasteiger partial charge in [0.05, 0.1) is 5.69 Å². The summed E-state index contributed by atoms with van der Waals surface area (Å²) < 4.78 is 0. The first kappa shape index (κ1) is 26.8. The smallest absolute Gasteiger partial charge is 0.159 e. The highest BCUT2D eigenvalue weighted by Crippen LogP contribution is 2.47. The molecule has 0 fully saturated rings. The van der Waals surface area contributed by atoms with Gasteiger partial charge in [-0.05, 0) is 71.3 Å². The minimum absolute atomic E-state index is 0.748. The molecular formula is C46H28N2. The molecule has 2 nitrogen and oxygen atoms in total. The Labute approximate surface area is 278 Å². The number of rotatable bonds is 4. The van der Waals surface area contributed by atoms with Crippen LogP contribution in [0.5, 0.6) is 0 Å². The molecule has 0 atom stereocenters. The lowest BCUT2D eigenvalue weighted by molar-refractivity contribution is 1.19. The fourth-order valence-corrected chi connectivity index (χ4v) is 7.68. The summed E-state index contributed by atoms with van der Waals surface area (Å²) in [6.45, 7) is 0. The van der Waals surface area contributed by atoms with Gasteiger partial charge in [0, 0.05) is 22.9 Å². The molecular weight excluding hydrogens is 581 g/mol. The largest absolute Gasteiger partial charge is 0.236 e. The number of fused-ring (bicyclic) bond motifs is 5. The van der Waals surface area contributed by atoms with Crippen molar-refractivity contribution in [3.63, 3.8) is 0 Å². The van der Waals surface area contributed by atoms with Crippen LogP contribution >= 0.6 is 0 Å². The Morgan fingerprint density at radius 3 is 1.40 bits per heavy atom. The van der Waals surface area contributed by atoms with Gasteiger partial charge in [-0.3, -0.25) is 0 Å². The second kappa shape index (κ2) is 10.6. The molecule has 1 heterocycles. The highest BCUT2D eigenvalue weighted by atomic mass is 14.9. The van der Waals surface area contributed by atoms with Crippen molar-refractivity contribution in [2.45, 2.75) is 0 Å². The predicted octanol–water partition coefficient (Wildman–Crippen LogP) is 12.3. The molecule has 0 amide bonds. The molecule has 0 radical (unpaired) electrons. The van der Waals surface area contributed by atoms with Gasteiger partial charge in [0.2, 0.25) is 0 Å². The fraction of sp³-hybridized carbons (Fsp3) is 0. The first-order valence-electron chi connectivity index (χ1n) is 16.4. The molecule has 0 aliphatic heterocycles. The van der Waals surface area contributed by atoms with Crippen LogP contribution in [0.4, 0.5) is 0 Å². The Kier molecular flexibility index (Phi) is 5.91. The van der Waals surface area contributed by atoms with E-state index in [0.29, 0.717) is 0 Å². The van der Waals surface area contributed by atoms with Gasteiger partial charge in [0.25, 0.3) is 0 Å². The third kappa shape index (κ3) is 4.06. The highest BCUT2D eigenvalue weighted by Gasteiger charge is 2.23. The van der Waals surface area contributed by atoms with E-state index in [9.17, 15) is 0 Å². The summed E-state index contributed by atoms with van der Waals surface area (Å²) in [6.07, 6.45) is 1.98. The van der Waals surface area contributed by atoms with Crippen molar-refractivity contribution in [2.24, 2.45) is 0 Å². The van der Waals surface area contributed by atoms with Gasteiger partial charge < -0.3 is 0 Å². The van der Waals surface area contributed by atoms with Crippen LogP contribution in [0.2, 0.25) is 0 Å². The maximum atomic E-state index is 5.07. The molecule has 0 spiro atoms. The lowest BCUT2D eigenvalue weighted by Crippen LogP contribution is -1.92. The zero-order valence-corrected chi connectivity index (χ0v) is 26.1. The SMILES string of the molecule is c1ccc(-c2c3ccccc3c(-c3ccc(-c4ccc(-c5ncc6c(n5)-c5cccc7cccc-6c57)cc4)cc3)c3ccccc23)cc1. The molecule has 222 valence electrons. The average Bonchev–Trinajstić information content (AvgIpc) is 3.49. The van der Waals surface area contributed by atoms with E-state index in [1.807, 2.05) is 6.20 Å². The summed E-state index contributed by atoms with van der Waals surface area (Å²) in [4.78, 5) is 9.88. The first-order valence-corrected chi connectivity index (χ1v) is 16.4. The summed E-state index contributed by atoms with van der Waals surface area (Å²) in [5.41, 5.74) is 12.9. The molecule has 0 unspecified atom stereocenters. The van der Waals surface area contributed by atoms with Gasteiger partial charge in [-0.2, -0.15) is 0 Å². The molecule has 9 aromatic rings. The second-order valence-electron chi connectivity index (χ2n) is 12.5. The number of hydrogen-bond donors (Lipinski definition) is 0. The van der Waals surface area contributed by atoms with Crippen LogP contribution < -0.4 is 0 Å². The molecule has 1 aliphatic rings. The predicted molar refractivity (Wildman–Crippen MR) is 201 cm³/mol.